The lowest BCUT2D eigenvalue weighted by molar-refractivity contribution is -0.132. The molecule has 132 valence electrons. The number of aromatic nitrogens is 1. The third-order valence-electron chi connectivity index (χ3n) is 4.33. The molecule has 0 atom stereocenters. The van der Waals surface area contributed by atoms with Crippen LogP contribution in [0.15, 0.2) is 18.3 Å². The van der Waals surface area contributed by atoms with E-state index in [2.05, 4.69) is 9.88 Å². The minimum absolute atomic E-state index is 0.0744. The smallest absolute Gasteiger partial charge is 0.259 e. The Kier molecular flexibility index (Phi) is 6.54. The van der Waals surface area contributed by atoms with Gasteiger partial charge in [-0.2, -0.15) is 0 Å². The second kappa shape index (κ2) is 8.63. The van der Waals surface area contributed by atoms with E-state index in [1.54, 1.807) is 23.2 Å². The molecule has 0 bridgehead atoms. The molecule has 2 rings (SSSR count). The summed E-state index contributed by atoms with van der Waals surface area (Å²) in [6.45, 7) is 8.44. The molecule has 0 N–H and O–H groups in total. The first-order chi connectivity index (χ1) is 11.6. The van der Waals surface area contributed by atoms with Crippen molar-refractivity contribution in [2.24, 2.45) is 0 Å². The van der Waals surface area contributed by atoms with Gasteiger partial charge in [0.05, 0.1) is 13.7 Å². The van der Waals surface area contributed by atoms with E-state index in [-0.39, 0.29) is 11.8 Å². The maximum Gasteiger partial charge on any atom is 0.259 e. The van der Waals surface area contributed by atoms with E-state index in [0.717, 1.165) is 13.1 Å². The fourth-order valence-electron chi connectivity index (χ4n) is 2.86. The van der Waals surface area contributed by atoms with Crippen molar-refractivity contribution in [1.29, 1.82) is 0 Å². The number of methoxy groups -OCH3 is 1. The highest BCUT2D eigenvalue weighted by atomic mass is 16.5. The first-order valence-corrected chi connectivity index (χ1v) is 8.39. The van der Waals surface area contributed by atoms with Crippen molar-refractivity contribution in [3.8, 4) is 5.88 Å². The first kappa shape index (κ1) is 18.2. The fourth-order valence-corrected chi connectivity index (χ4v) is 2.86. The van der Waals surface area contributed by atoms with Gasteiger partial charge in [0, 0.05) is 45.5 Å². The Morgan fingerprint density at radius 2 is 1.88 bits per heavy atom. The Morgan fingerprint density at radius 3 is 2.46 bits per heavy atom. The highest BCUT2D eigenvalue weighted by molar-refractivity contribution is 5.96. The predicted octanol–water partition coefficient (Wildman–Crippen LogP) is 0.716. The van der Waals surface area contributed by atoms with E-state index in [0.29, 0.717) is 44.2 Å². The lowest BCUT2D eigenvalue weighted by atomic mass is 10.2. The number of nitrogens with zero attached hydrogens (tertiary/aromatic N) is 4. The third kappa shape index (κ3) is 4.23. The zero-order valence-corrected chi connectivity index (χ0v) is 14.7. The number of likely N-dealkylation sites (N-methyl/N-ethyl adjacent to an activating group) is 1. The highest BCUT2D eigenvalue weighted by Gasteiger charge is 2.26. The summed E-state index contributed by atoms with van der Waals surface area (Å²) in [6.07, 6.45) is 1.60. The van der Waals surface area contributed by atoms with Gasteiger partial charge in [0.15, 0.2) is 0 Å². The van der Waals surface area contributed by atoms with Crippen molar-refractivity contribution in [1.82, 2.24) is 19.7 Å². The van der Waals surface area contributed by atoms with Crippen molar-refractivity contribution in [3.05, 3.63) is 23.9 Å². The van der Waals surface area contributed by atoms with Crippen LogP contribution >= 0.6 is 0 Å². The largest absolute Gasteiger partial charge is 0.480 e. The van der Waals surface area contributed by atoms with E-state index in [1.165, 1.54) is 7.11 Å². The molecule has 0 aliphatic carbocycles. The summed E-state index contributed by atoms with van der Waals surface area (Å²) in [7, 11) is 1.51. The summed E-state index contributed by atoms with van der Waals surface area (Å²) in [5.41, 5.74) is 0.479. The molecule has 1 aliphatic heterocycles. The molecule has 2 amide bonds. The zero-order chi connectivity index (χ0) is 17.5. The van der Waals surface area contributed by atoms with Crippen LogP contribution in [0.1, 0.15) is 24.2 Å². The van der Waals surface area contributed by atoms with Crippen molar-refractivity contribution in [2.45, 2.75) is 13.8 Å². The Balaban J connectivity index is 1.90. The summed E-state index contributed by atoms with van der Waals surface area (Å²) in [5, 5.41) is 0. The molecule has 0 aromatic carbocycles. The van der Waals surface area contributed by atoms with Gasteiger partial charge in [-0.15, -0.1) is 0 Å². The second-order valence-electron chi connectivity index (χ2n) is 5.69. The van der Waals surface area contributed by atoms with Crippen LogP contribution in [0.5, 0.6) is 5.88 Å². The maximum atomic E-state index is 12.6. The number of pyridine rings is 1. The molecule has 0 radical (unpaired) electrons. The molecular formula is C17H26N4O3. The first-order valence-electron chi connectivity index (χ1n) is 8.39. The topological polar surface area (TPSA) is 66.0 Å². The molecule has 7 heteroatoms. The van der Waals surface area contributed by atoms with Crippen LogP contribution in [0.25, 0.3) is 0 Å². The van der Waals surface area contributed by atoms with E-state index in [1.807, 2.05) is 18.7 Å². The van der Waals surface area contributed by atoms with Gasteiger partial charge in [-0.05, 0) is 26.0 Å². The Bertz CT molecular complexity index is 567. The van der Waals surface area contributed by atoms with Gasteiger partial charge in [0.1, 0.15) is 5.56 Å². The van der Waals surface area contributed by atoms with Crippen LogP contribution in [0, 0.1) is 0 Å². The van der Waals surface area contributed by atoms with Crippen molar-refractivity contribution >= 4 is 11.8 Å². The number of hydrogen-bond acceptors (Lipinski definition) is 5. The molecule has 0 spiro atoms. The van der Waals surface area contributed by atoms with Crippen molar-refractivity contribution < 1.29 is 14.3 Å². The molecule has 1 aromatic heterocycles. The van der Waals surface area contributed by atoms with Gasteiger partial charge < -0.3 is 14.5 Å². The molecule has 1 aliphatic rings. The van der Waals surface area contributed by atoms with E-state index < -0.39 is 0 Å². The van der Waals surface area contributed by atoms with Crippen LogP contribution in [0.3, 0.4) is 0 Å². The standard InChI is InChI=1S/C17H26N4O3/c1-4-20(5-2)15(22)13-19-9-11-21(12-10-19)17(23)14-7-6-8-18-16(14)24-3/h6-8H,4-5,9-13H2,1-3H3. The molecule has 1 saturated heterocycles. The van der Waals surface area contributed by atoms with Gasteiger partial charge in [-0.1, -0.05) is 0 Å². The summed E-state index contributed by atoms with van der Waals surface area (Å²) in [5.74, 6) is 0.421. The Labute approximate surface area is 143 Å². The summed E-state index contributed by atoms with van der Waals surface area (Å²) in [6, 6.07) is 3.46. The number of piperazine rings is 1. The Morgan fingerprint density at radius 1 is 1.21 bits per heavy atom. The summed E-state index contributed by atoms with van der Waals surface area (Å²) in [4.78, 5) is 34.6. The van der Waals surface area contributed by atoms with Crippen LogP contribution in [-0.4, -0.2) is 84.4 Å². The normalized spacial score (nSPS) is 15.2. The van der Waals surface area contributed by atoms with Crippen LogP contribution in [-0.2, 0) is 4.79 Å². The number of carbonyl (C=O) groups is 2. The number of amides is 2. The quantitative estimate of drug-likeness (QED) is 0.767. The average Bonchev–Trinajstić information content (AvgIpc) is 2.62. The minimum Gasteiger partial charge on any atom is -0.480 e. The van der Waals surface area contributed by atoms with Gasteiger partial charge in [0.2, 0.25) is 11.8 Å². The zero-order valence-electron chi connectivity index (χ0n) is 14.7. The number of carbonyl (C=O) groups excluding carboxylic acids is 2. The molecule has 24 heavy (non-hydrogen) atoms. The van der Waals surface area contributed by atoms with Gasteiger partial charge in [0.25, 0.3) is 5.91 Å². The average molecular weight is 334 g/mol. The number of rotatable bonds is 6. The predicted molar refractivity (Wildman–Crippen MR) is 91.1 cm³/mol. The van der Waals surface area contributed by atoms with Gasteiger partial charge in [-0.3, -0.25) is 14.5 Å². The molecule has 1 aromatic rings. The van der Waals surface area contributed by atoms with E-state index in [4.69, 9.17) is 4.74 Å². The van der Waals surface area contributed by atoms with Crippen molar-refractivity contribution in [3.63, 3.8) is 0 Å². The lowest BCUT2D eigenvalue weighted by Gasteiger charge is -2.35. The summed E-state index contributed by atoms with van der Waals surface area (Å²) >= 11 is 0. The molecule has 0 saturated carbocycles. The molecule has 0 unspecified atom stereocenters. The second-order valence-corrected chi connectivity index (χ2v) is 5.69. The monoisotopic (exact) mass is 334 g/mol. The molecule has 1 fully saturated rings. The van der Waals surface area contributed by atoms with E-state index in [9.17, 15) is 9.59 Å². The number of hydrogen-bond donors (Lipinski definition) is 0. The highest BCUT2D eigenvalue weighted by Crippen LogP contribution is 2.17. The number of ether oxygens (including phenoxy) is 1. The van der Waals surface area contributed by atoms with Crippen LogP contribution in [0.2, 0.25) is 0 Å². The minimum atomic E-state index is -0.0744. The van der Waals surface area contributed by atoms with Gasteiger partial charge in [-0.25, -0.2) is 4.98 Å². The molecule has 7 nitrogen and oxygen atoms in total. The summed E-state index contributed by atoms with van der Waals surface area (Å²) < 4.78 is 5.16. The van der Waals surface area contributed by atoms with E-state index >= 15 is 0 Å². The van der Waals surface area contributed by atoms with Crippen molar-refractivity contribution in [2.75, 3.05) is 52.9 Å². The maximum absolute atomic E-state index is 12.6. The SMILES string of the molecule is CCN(CC)C(=O)CN1CCN(C(=O)c2cccnc2OC)CC1. The lowest BCUT2D eigenvalue weighted by Crippen LogP contribution is -2.51. The van der Waals surface area contributed by atoms with Crippen LogP contribution < -0.4 is 4.74 Å². The Hall–Kier alpha value is -2.15. The molecular weight excluding hydrogens is 308 g/mol. The third-order valence-corrected chi connectivity index (χ3v) is 4.33. The van der Waals surface area contributed by atoms with Gasteiger partial charge >= 0.3 is 0 Å². The molecule has 2 heterocycles. The fraction of sp³-hybridized carbons (Fsp3) is 0.588. The van der Waals surface area contributed by atoms with Crippen LogP contribution in [0.4, 0.5) is 0 Å².